The minimum Gasteiger partial charge on any atom is -0.381 e. The SMILES string of the molecule is CN=C(NCCCOCC1CCOC1)NCC(c1ccccc1)N1CCCC1.I. The van der Waals surface area contributed by atoms with Crippen LogP contribution in [-0.2, 0) is 9.47 Å². The van der Waals surface area contributed by atoms with Crippen LogP contribution < -0.4 is 10.6 Å². The number of guanidine groups is 1. The number of ether oxygens (including phenoxy) is 2. The Morgan fingerprint density at radius 3 is 2.72 bits per heavy atom. The van der Waals surface area contributed by atoms with Crippen LogP contribution in [-0.4, -0.2) is 70.5 Å². The molecule has 2 aliphatic rings. The topological polar surface area (TPSA) is 58.1 Å². The van der Waals surface area contributed by atoms with Crippen LogP contribution in [0.4, 0.5) is 0 Å². The number of hydrogen-bond acceptors (Lipinski definition) is 4. The van der Waals surface area contributed by atoms with Crippen molar-refractivity contribution < 1.29 is 9.47 Å². The van der Waals surface area contributed by atoms with Crippen molar-refractivity contribution in [3.05, 3.63) is 35.9 Å². The fourth-order valence-corrected chi connectivity index (χ4v) is 3.95. The van der Waals surface area contributed by atoms with Crippen LogP contribution in [0.2, 0.25) is 0 Å². The van der Waals surface area contributed by atoms with Gasteiger partial charge in [-0.2, -0.15) is 0 Å². The number of nitrogens with one attached hydrogen (secondary N) is 2. The molecule has 2 heterocycles. The summed E-state index contributed by atoms with van der Waals surface area (Å²) in [5, 5.41) is 6.93. The fraction of sp³-hybridized carbons (Fsp3) is 0.682. The van der Waals surface area contributed by atoms with Gasteiger partial charge in [0.25, 0.3) is 0 Å². The molecule has 6 nitrogen and oxygen atoms in total. The lowest BCUT2D eigenvalue weighted by atomic mass is 10.1. The number of nitrogens with zero attached hydrogens (tertiary/aromatic N) is 2. The molecule has 2 atom stereocenters. The van der Waals surface area contributed by atoms with Crippen molar-refractivity contribution in [1.82, 2.24) is 15.5 Å². The smallest absolute Gasteiger partial charge is 0.191 e. The lowest BCUT2D eigenvalue weighted by Crippen LogP contribution is -2.43. The lowest BCUT2D eigenvalue weighted by molar-refractivity contribution is 0.0888. The van der Waals surface area contributed by atoms with Crippen LogP contribution >= 0.6 is 24.0 Å². The van der Waals surface area contributed by atoms with E-state index in [1.165, 1.54) is 31.5 Å². The van der Waals surface area contributed by atoms with E-state index in [4.69, 9.17) is 9.47 Å². The molecule has 0 saturated carbocycles. The summed E-state index contributed by atoms with van der Waals surface area (Å²) in [6.45, 7) is 7.42. The summed E-state index contributed by atoms with van der Waals surface area (Å²) in [6, 6.07) is 11.2. The predicted molar refractivity (Wildman–Crippen MR) is 129 cm³/mol. The second-order valence-corrected chi connectivity index (χ2v) is 7.71. The fourth-order valence-electron chi connectivity index (χ4n) is 3.95. The van der Waals surface area contributed by atoms with E-state index in [2.05, 4.69) is 50.9 Å². The highest BCUT2D eigenvalue weighted by atomic mass is 127. The zero-order chi connectivity index (χ0) is 19.4. The summed E-state index contributed by atoms with van der Waals surface area (Å²) in [6.07, 6.45) is 4.70. The molecule has 2 saturated heterocycles. The standard InChI is InChI=1S/C22H36N4O2.HI/c1-23-22(24-11-7-14-27-17-19-10-15-28-18-19)25-16-21(26-12-5-6-13-26)20-8-3-2-4-9-20;/h2-4,8-9,19,21H,5-7,10-18H2,1H3,(H2,23,24,25);1H. The third-order valence-electron chi connectivity index (χ3n) is 5.59. The van der Waals surface area contributed by atoms with E-state index in [9.17, 15) is 0 Å². The van der Waals surface area contributed by atoms with Crippen molar-refractivity contribution in [3.8, 4) is 0 Å². The van der Waals surface area contributed by atoms with Crippen LogP contribution in [0.15, 0.2) is 35.3 Å². The summed E-state index contributed by atoms with van der Waals surface area (Å²) < 4.78 is 11.1. The summed E-state index contributed by atoms with van der Waals surface area (Å²) in [5.41, 5.74) is 1.37. The Balaban J connectivity index is 0.00000300. The zero-order valence-corrected chi connectivity index (χ0v) is 20.0. The first-order valence-electron chi connectivity index (χ1n) is 10.8. The van der Waals surface area contributed by atoms with Gasteiger partial charge in [0.05, 0.1) is 19.3 Å². The van der Waals surface area contributed by atoms with Gasteiger partial charge in [0.1, 0.15) is 0 Å². The second kappa shape index (κ2) is 14.2. The highest BCUT2D eigenvalue weighted by Crippen LogP contribution is 2.24. The monoisotopic (exact) mass is 516 g/mol. The van der Waals surface area contributed by atoms with Crippen LogP contribution in [0.5, 0.6) is 0 Å². The predicted octanol–water partition coefficient (Wildman–Crippen LogP) is 3.05. The molecule has 2 N–H and O–H groups in total. The molecule has 2 fully saturated rings. The molecule has 7 heteroatoms. The molecule has 1 aromatic carbocycles. The maximum atomic E-state index is 5.77. The molecule has 0 radical (unpaired) electrons. The van der Waals surface area contributed by atoms with Gasteiger partial charge in [-0.1, -0.05) is 30.3 Å². The van der Waals surface area contributed by atoms with Gasteiger partial charge >= 0.3 is 0 Å². The third kappa shape index (κ3) is 8.39. The van der Waals surface area contributed by atoms with E-state index in [0.717, 1.165) is 58.3 Å². The van der Waals surface area contributed by atoms with Crippen LogP contribution in [0.1, 0.15) is 37.3 Å². The van der Waals surface area contributed by atoms with Crippen molar-refractivity contribution >= 4 is 29.9 Å². The lowest BCUT2D eigenvalue weighted by Gasteiger charge is -2.29. The number of hydrogen-bond donors (Lipinski definition) is 2. The number of likely N-dealkylation sites (tertiary alicyclic amines) is 1. The summed E-state index contributed by atoms with van der Waals surface area (Å²) in [5.74, 6) is 1.45. The molecule has 0 aromatic heterocycles. The van der Waals surface area contributed by atoms with E-state index >= 15 is 0 Å². The maximum absolute atomic E-state index is 5.77. The Labute approximate surface area is 192 Å². The first-order valence-corrected chi connectivity index (χ1v) is 10.8. The van der Waals surface area contributed by atoms with E-state index in [1.807, 2.05) is 7.05 Å². The first kappa shape index (κ1) is 24.4. The maximum Gasteiger partial charge on any atom is 0.191 e. The molecule has 29 heavy (non-hydrogen) atoms. The molecule has 1 aromatic rings. The van der Waals surface area contributed by atoms with Gasteiger partial charge in [-0.3, -0.25) is 9.89 Å². The molecule has 0 spiro atoms. The highest BCUT2D eigenvalue weighted by molar-refractivity contribution is 14.0. The van der Waals surface area contributed by atoms with Crippen molar-refractivity contribution in [2.45, 2.75) is 31.7 Å². The quantitative estimate of drug-likeness (QED) is 0.217. The van der Waals surface area contributed by atoms with E-state index < -0.39 is 0 Å². The minimum absolute atomic E-state index is 0. The molecule has 3 rings (SSSR count). The van der Waals surface area contributed by atoms with Crippen molar-refractivity contribution in [2.24, 2.45) is 10.9 Å². The van der Waals surface area contributed by atoms with Gasteiger partial charge in [0, 0.05) is 39.3 Å². The molecule has 2 unspecified atom stereocenters. The van der Waals surface area contributed by atoms with Crippen molar-refractivity contribution in [3.63, 3.8) is 0 Å². The molecule has 0 bridgehead atoms. The molecule has 164 valence electrons. The van der Waals surface area contributed by atoms with E-state index in [1.54, 1.807) is 0 Å². The Hall–Kier alpha value is -0.900. The van der Waals surface area contributed by atoms with E-state index in [-0.39, 0.29) is 24.0 Å². The van der Waals surface area contributed by atoms with Crippen LogP contribution in [0.25, 0.3) is 0 Å². The summed E-state index contributed by atoms with van der Waals surface area (Å²) in [7, 11) is 1.83. The van der Waals surface area contributed by atoms with Gasteiger partial charge in [-0.15, -0.1) is 24.0 Å². The largest absolute Gasteiger partial charge is 0.381 e. The van der Waals surface area contributed by atoms with Crippen LogP contribution in [0, 0.1) is 5.92 Å². The summed E-state index contributed by atoms with van der Waals surface area (Å²) in [4.78, 5) is 6.96. The molecular formula is C22H37IN4O2. The first-order chi connectivity index (χ1) is 13.9. The van der Waals surface area contributed by atoms with Gasteiger partial charge in [0.2, 0.25) is 0 Å². The molecule has 0 amide bonds. The summed E-state index contributed by atoms with van der Waals surface area (Å²) >= 11 is 0. The van der Waals surface area contributed by atoms with Crippen molar-refractivity contribution in [2.75, 3.05) is 59.7 Å². The number of rotatable bonds is 10. The Kier molecular flexibility index (Phi) is 11.9. The average molecular weight is 516 g/mol. The Bertz CT molecular complexity index is 575. The van der Waals surface area contributed by atoms with Gasteiger partial charge in [-0.05, 0) is 44.3 Å². The third-order valence-corrected chi connectivity index (χ3v) is 5.59. The van der Waals surface area contributed by atoms with E-state index in [0.29, 0.717) is 12.0 Å². The highest BCUT2D eigenvalue weighted by Gasteiger charge is 2.23. The second-order valence-electron chi connectivity index (χ2n) is 7.71. The zero-order valence-electron chi connectivity index (χ0n) is 17.6. The van der Waals surface area contributed by atoms with Gasteiger partial charge in [-0.25, -0.2) is 0 Å². The normalized spacial score (nSPS) is 21.0. The Morgan fingerprint density at radius 1 is 1.24 bits per heavy atom. The molecule has 0 aliphatic carbocycles. The van der Waals surface area contributed by atoms with Gasteiger partial charge in [0.15, 0.2) is 5.96 Å². The average Bonchev–Trinajstić information content (AvgIpc) is 3.44. The van der Waals surface area contributed by atoms with Gasteiger partial charge < -0.3 is 20.1 Å². The number of benzene rings is 1. The minimum atomic E-state index is 0. The number of halogens is 1. The number of aliphatic imine (C=N–C) groups is 1. The molecular weight excluding hydrogens is 479 g/mol. The van der Waals surface area contributed by atoms with Crippen molar-refractivity contribution in [1.29, 1.82) is 0 Å². The Morgan fingerprint density at radius 2 is 2.03 bits per heavy atom. The van der Waals surface area contributed by atoms with Crippen LogP contribution in [0.3, 0.4) is 0 Å². The molecule has 2 aliphatic heterocycles.